The third-order valence-corrected chi connectivity index (χ3v) is 2.39. The number of benzene rings is 1. The van der Waals surface area contributed by atoms with Gasteiger partial charge >= 0.3 is 29.6 Å². The van der Waals surface area contributed by atoms with Crippen LogP contribution in [0.1, 0.15) is 32.4 Å². The number of phenols is 2. The van der Waals surface area contributed by atoms with Crippen molar-refractivity contribution < 1.29 is 59.6 Å². The first-order valence-corrected chi connectivity index (χ1v) is 6.30. The molecule has 1 atom stereocenters. The molecule has 0 aliphatic carbocycles. The number of carbonyl (C=O) groups excluding carboxylic acids is 2. The van der Waals surface area contributed by atoms with Crippen LogP contribution in [0.25, 0.3) is 0 Å². The Labute approximate surface area is 163 Å². The number of aliphatic carboxylic acids is 1. The third-order valence-electron chi connectivity index (χ3n) is 2.39. The van der Waals surface area contributed by atoms with Crippen molar-refractivity contribution in [3.8, 4) is 11.5 Å². The molecule has 0 aromatic heterocycles. The molecule has 126 valence electrons. The standard InChI is InChI=1S/C11H17NO3.C3H4O3.ClH.Na/c1-7(2)12-6-11(15)8-3-4-9(13)10(14)5-8;1-2(4)3(5)6;;/h3-5,7,11-15H,6H2,1-2H3;1H3,(H,5,6);1H;/q;;;+1/p-1. The van der Waals surface area contributed by atoms with Crippen molar-refractivity contribution in [1.82, 2.24) is 5.32 Å². The number of nitrogens with one attached hydrogen (secondary N) is 1. The van der Waals surface area contributed by atoms with E-state index >= 15 is 0 Å². The van der Waals surface area contributed by atoms with E-state index in [0.717, 1.165) is 6.92 Å². The Hall–Kier alpha value is -0.830. The number of halogens is 1. The van der Waals surface area contributed by atoms with E-state index in [-0.39, 0.29) is 53.5 Å². The maximum absolute atomic E-state index is 9.73. The third kappa shape index (κ3) is 12.3. The molecule has 1 rings (SSSR count). The minimum Gasteiger partial charge on any atom is -0.542 e. The summed E-state index contributed by atoms with van der Waals surface area (Å²) < 4.78 is 0. The van der Waals surface area contributed by atoms with Crippen LogP contribution in [-0.2, 0) is 9.59 Å². The van der Waals surface area contributed by atoms with Crippen molar-refractivity contribution in [3.05, 3.63) is 23.8 Å². The number of hydrogen-bond donors (Lipinski definition) is 4. The molecule has 9 heteroatoms. The van der Waals surface area contributed by atoms with Crippen molar-refractivity contribution in [2.75, 3.05) is 6.54 Å². The van der Waals surface area contributed by atoms with E-state index in [9.17, 15) is 24.9 Å². The molecule has 4 N–H and O–H groups in total. The molecule has 1 unspecified atom stereocenters. The van der Waals surface area contributed by atoms with Crippen LogP contribution in [0.3, 0.4) is 0 Å². The number of carbonyl (C=O) groups is 2. The van der Waals surface area contributed by atoms with Gasteiger partial charge in [-0.1, -0.05) is 19.9 Å². The summed E-state index contributed by atoms with van der Waals surface area (Å²) in [6.45, 7) is 5.33. The number of aliphatic hydroxyl groups excluding tert-OH is 1. The Bertz CT molecular complexity index is 486. The van der Waals surface area contributed by atoms with Gasteiger partial charge < -0.3 is 30.5 Å². The summed E-state index contributed by atoms with van der Waals surface area (Å²) in [7, 11) is 0. The van der Waals surface area contributed by atoms with Gasteiger partial charge in [-0.2, -0.15) is 0 Å². The predicted octanol–water partition coefficient (Wildman–Crippen LogP) is -3.12. The number of ketones is 1. The van der Waals surface area contributed by atoms with Crippen LogP contribution in [0.2, 0.25) is 0 Å². The van der Waals surface area contributed by atoms with Gasteiger partial charge in [-0.05, 0) is 17.7 Å². The van der Waals surface area contributed by atoms with Crippen LogP contribution >= 0.6 is 12.4 Å². The predicted molar refractivity (Wildman–Crippen MR) is 80.8 cm³/mol. The molecule has 0 radical (unpaired) electrons. The second-order valence-corrected chi connectivity index (χ2v) is 4.67. The van der Waals surface area contributed by atoms with Gasteiger partial charge in [-0.25, -0.2) is 0 Å². The quantitative estimate of drug-likeness (QED) is 0.249. The summed E-state index contributed by atoms with van der Waals surface area (Å²) in [6.07, 6.45) is -0.682. The van der Waals surface area contributed by atoms with Crippen LogP contribution in [0.15, 0.2) is 18.2 Å². The summed E-state index contributed by atoms with van der Waals surface area (Å²) in [5, 5.41) is 40.4. The minimum absolute atomic E-state index is 0. The Kier molecular flexibility index (Phi) is 16.0. The molecule has 0 bridgehead atoms. The van der Waals surface area contributed by atoms with Crippen molar-refractivity contribution in [1.29, 1.82) is 0 Å². The number of carboxylic acids is 1. The van der Waals surface area contributed by atoms with Gasteiger partial charge in [0.05, 0.1) is 6.10 Å². The van der Waals surface area contributed by atoms with Gasteiger partial charge in [0.2, 0.25) is 0 Å². The first-order chi connectivity index (χ1) is 9.65. The van der Waals surface area contributed by atoms with Crippen LogP contribution < -0.4 is 40.0 Å². The van der Waals surface area contributed by atoms with Crippen LogP contribution in [-0.4, -0.2) is 39.7 Å². The fourth-order valence-corrected chi connectivity index (χ4v) is 1.21. The molecule has 0 saturated heterocycles. The summed E-state index contributed by atoms with van der Waals surface area (Å²) in [6, 6.07) is 4.61. The van der Waals surface area contributed by atoms with E-state index in [1.165, 1.54) is 12.1 Å². The molecule has 7 nitrogen and oxygen atoms in total. The summed E-state index contributed by atoms with van der Waals surface area (Å²) in [4.78, 5) is 18.7. The molecule has 0 heterocycles. The molecule has 0 fully saturated rings. The topological polar surface area (TPSA) is 130 Å². The molecule has 1 aromatic carbocycles. The molecule has 0 spiro atoms. The number of Topliss-reactive ketones (excluding diaryl/α,β-unsaturated/α-hetero) is 1. The number of rotatable bonds is 5. The fraction of sp³-hybridized carbons (Fsp3) is 0.429. The Morgan fingerprint density at radius 3 is 2.04 bits per heavy atom. The van der Waals surface area contributed by atoms with E-state index in [4.69, 9.17) is 5.11 Å². The Balaban J connectivity index is -0.000000434. The molecule has 0 aliphatic heterocycles. The van der Waals surface area contributed by atoms with Gasteiger partial charge in [-0.3, -0.25) is 4.79 Å². The summed E-state index contributed by atoms with van der Waals surface area (Å²) >= 11 is 0. The van der Waals surface area contributed by atoms with E-state index in [2.05, 4.69) is 5.32 Å². The molecule has 0 aliphatic rings. The average Bonchev–Trinajstić information content (AvgIpc) is 2.39. The van der Waals surface area contributed by atoms with Gasteiger partial charge in [0, 0.05) is 19.5 Å². The monoisotopic (exact) mass is 357 g/mol. The molecular formula is C14H21ClNNaO6. The zero-order chi connectivity index (χ0) is 16.6. The number of carboxylic acid groups (broad SMARTS) is 1. The van der Waals surface area contributed by atoms with Gasteiger partial charge in [0.25, 0.3) is 0 Å². The second-order valence-electron chi connectivity index (χ2n) is 4.67. The molecule has 0 saturated carbocycles. The van der Waals surface area contributed by atoms with E-state index in [0.29, 0.717) is 18.2 Å². The number of aromatic hydroxyl groups is 2. The second kappa shape index (κ2) is 13.6. The Morgan fingerprint density at radius 2 is 1.70 bits per heavy atom. The Morgan fingerprint density at radius 1 is 1.22 bits per heavy atom. The van der Waals surface area contributed by atoms with E-state index in [1.54, 1.807) is 6.07 Å². The van der Waals surface area contributed by atoms with Gasteiger partial charge in [0.1, 0.15) is 5.97 Å². The molecule has 23 heavy (non-hydrogen) atoms. The maximum Gasteiger partial charge on any atom is 1.00 e. The van der Waals surface area contributed by atoms with Crippen molar-refractivity contribution >= 4 is 24.2 Å². The molecule has 0 amide bonds. The van der Waals surface area contributed by atoms with Crippen LogP contribution in [0, 0.1) is 0 Å². The number of phenolic OH excluding ortho intramolecular Hbond substituents is 2. The minimum atomic E-state index is -1.63. The first kappa shape index (κ1) is 27.0. The van der Waals surface area contributed by atoms with Crippen molar-refractivity contribution in [2.24, 2.45) is 0 Å². The van der Waals surface area contributed by atoms with E-state index < -0.39 is 17.9 Å². The number of aliphatic hydroxyl groups is 1. The molecule has 1 aromatic rings. The summed E-state index contributed by atoms with van der Waals surface area (Å²) in [5.74, 6) is -2.95. The normalized spacial score (nSPS) is 10.5. The molecular weight excluding hydrogens is 337 g/mol. The maximum atomic E-state index is 9.73. The van der Waals surface area contributed by atoms with Crippen molar-refractivity contribution in [3.63, 3.8) is 0 Å². The fourth-order valence-electron chi connectivity index (χ4n) is 1.21. The van der Waals surface area contributed by atoms with Crippen molar-refractivity contribution in [2.45, 2.75) is 32.9 Å². The van der Waals surface area contributed by atoms with Crippen LogP contribution in [0.5, 0.6) is 11.5 Å². The zero-order valence-corrected chi connectivity index (χ0v) is 16.4. The first-order valence-electron chi connectivity index (χ1n) is 6.30. The largest absolute Gasteiger partial charge is 1.00 e. The van der Waals surface area contributed by atoms with E-state index in [1.807, 2.05) is 13.8 Å². The van der Waals surface area contributed by atoms with Crippen LogP contribution in [0.4, 0.5) is 0 Å². The number of hydrogen-bond acceptors (Lipinski definition) is 7. The zero-order valence-electron chi connectivity index (χ0n) is 13.6. The smallest absolute Gasteiger partial charge is 0.542 e. The van der Waals surface area contributed by atoms with Gasteiger partial charge in [-0.15, -0.1) is 12.4 Å². The summed E-state index contributed by atoms with van der Waals surface area (Å²) in [5.41, 5.74) is 0.582. The van der Waals surface area contributed by atoms with Gasteiger partial charge in [0.15, 0.2) is 17.3 Å². The SMILES string of the molecule is CC(=O)C(=O)[O-].CC(C)NCC(O)c1ccc(O)c(O)c1.Cl.[Na+]. The average molecular weight is 358 g/mol.